The second kappa shape index (κ2) is 10.3. The molecule has 0 aliphatic heterocycles. The van der Waals surface area contributed by atoms with Crippen LogP contribution < -0.4 is 4.90 Å². The first-order chi connectivity index (χ1) is 23.3. The van der Waals surface area contributed by atoms with Crippen molar-refractivity contribution in [3.8, 4) is 11.1 Å². The quantitative estimate of drug-likeness (QED) is 0.183. The van der Waals surface area contributed by atoms with E-state index in [4.69, 9.17) is 4.42 Å². The molecule has 0 radical (unpaired) electrons. The number of anilines is 3. The Morgan fingerprint density at radius 2 is 1.11 bits per heavy atom. The van der Waals surface area contributed by atoms with Gasteiger partial charge in [0.1, 0.15) is 11.2 Å². The van der Waals surface area contributed by atoms with Gasteiger partial charge >= 0.3 is 0 Å². The molecule has 10 aromatic rings. The van der Waals surface area contributed by atoms with E-state index in [1.807, 2.05) is 23.5 Å². The summed E-state index contributed by atoms with van der Waals surface area (Å²) in [7, 11) is 0. The maximum absolute atomic E-state index is 6.21. The molecule has 0 spiro atoms. The Bertz CT molecular complexity index is 2790. The Morgan fingerprint density at radius 1 is 0.404 bits per heavy atom. The molecular weight excluding hydrogens is 591 g/mol. The fourth-order valence-corrected chi connectivity index (χ4v) is 8.39. The molecule has 47 heavy (non-hydrogen) atoms. The molecule has 220 valence electrons. The van der Waals surface area contributed by atoms with E-state index in [1.54, 1.807) is 0 Å². The van der Waals surface area contributed by atoms with E-state index in [0.29, 0.717) is 0 Å². The molecule has 0 bridgehead atoms. The zero-order valence-corrected chi connectivity index (χ0v) is 26.2. The number of rotatable bonds is 4. The van der Waals surface area contributed by atoms with Crippen LogP contribution in [0.4, 0.5) is 17.1 Å². The molecule has 0 saturated heterocycles. The van der Waals surface area contributed by atoms with Crippen LogP contribution in [0.25, 0.3) is 74.8 Å². The van der Waals surface area contributed by atoms with Crippen LogP contribution in [0.15, 0.2) is 168 Å². The van der Waals surface area contributed by atoms with Gasteiger partial charge in [0.2, 0.25) is 0 Å². The summed E-state index contributed by atoms with van der Waals surface area (Å²) in [4.78, 5) is 2.42. The van der Waals surface area contributed by atoms with Gasteiger partial charge in [-0.1, -0.05) is 109 Å². The zero-order chi connectivity index (χ0) is 30.9. The van der Waals surface area contributed by atoms with Gasteiger partial charge < -0.3 is 9.32 Å². The summed E-state index contributed by atoms with van der Waals surface area (Å²) in [6.07, 6.45) is 0. The van der Waals surface area contributed by atoms with E-state index in [9.17, 15) is 0 Å². The van der Waals surface area contributed by atoms with Crippen molar-refractivity contribution < 1.29 is 4.42 Å². The second-order valence-corrected chi connectivity index (χ2v) is 13.2. The van der Waals surface area contributed by atoms with Crippen molar-refractivity contribution in [1.82, 2.24) is 0 Å². The summed E-state index contributed by atoms with van der Waals surface area (Å²) in [5.41, 5.74) is 7.71. The summed E-state index contributed by atoms with van der Waals surface area (Å²) >= 11 is 1.86. The molecule has 0 unspecified atom stereocenters. The smallest absolute Gasteiger partial charge is 0.136 e. The van der Waals surface area contributed by atoms with Crippen LogP contribution in [0.3, 0.4) is 0 Å². The molecule has 3 heteroatoms. The highest BCUT2D eigenvalue weighted by atomic mass is 32.1. The van der Waals surface area contributed by atoms with Crippen molar-refractivity contribution in [3.05, 3.63) is 164 Å². The zero-order valence-electron chi connectivity index (χ0n) is 25.4. The molecule has 10 rings (SSSR count). The summed E-state index contributed by atoms with van der Waals surface area (Å²) in [6.45, 7) is 0. The number of para-hydroxylation sites is 1. The van der Waals surface area contributed by atoms with E-state index >= 15 is 0 Å². The van der Waals surface area contributed by atoms with Gasteiger partial charge in [-0.3, -0.25) is 0 Å². The number of thiophene rings is 1. The predicted molar refractivity (Wildman–Crippen MR) is 202 cm³/mol. The molecule has 0 fully saturated rings. The van der Waals surface area contributed by atoms with Crippen LogP contribution >= 0.6 is 11.3 Å². The van der Waals surface area contributed by atoms with Gasteiger partial charge in [0.05, 0.1) is 10.4 Å². The average Bonchev–Trinajstić information content (AvgIpc) is 3.70. The molecule has 0 saturated carbocycles. The van der Waals surface area contributed by atoms with Crippen molar-refractivity contribution in [2.75, 3.05) is 4.90 Å². The highest BCUT2D eigenvalue weighted by Gasteiger charge is 2.19. The lowest BCUT2D eigenvalue weighted by molar-refractivity contribution is 0.669. The van der Waals surface area contributed by atoms with Crippen LogP contribution in [0.2, 0.25) is 0 Å². The Morgan fingerprint density at radius 3 is 1.98 bits per heavy atom. The molecule has 0 atom stereocenters. The van der Waals surface area contributed by atoms with Crippen LogP contribution in [0, 0.1) is 0 Å². The molecule has 2 heterocycles. The fourth-order valence-electron chi connectivity index (χ4n) is 7.18. The van der Waals surface area contributed by atoms with Gasteiger partial charge in [0.15, 0.2) is 0 Å². The lowest BCUT2D eigenvalue weighted by atomic mass is 9.99. The summed E-state index contributed by atoms with van der Waals surface area (Å²) in [6, 6.07) is 59.1. The summed E-state index contributed by atoms with van der Waals surface area (Å²) in [5.74, 6) is 0. The maximum atomic E-state index is 6.21. The summed E-state index contributed by atoms with van der Waals surface area (Å²) in [5, 5.41) is 9.75. The average molecular weight is 618 g/mol. The van der Waals surface area contributed by atoms with Gasteiger partial charge in [0.25, 0.3) is 0 Å². The molecular formula is C44H27NOS. The number of fused-ring (bicyclic) bond motifs is 9. The monoisotopic (exact) mass is 617 g/mol. The van der Waals surface area contributed by atoms with Crippen LogP contribution in [-0.2, 0) is 0 Å². The van der Waals surface area contributed by atoms with E-state index in [1.165, 1.54) is 58.5 Å². The normalized spacial score (nSPS) is 11.8. The minimum atomic E-state index is 0.925. The van der Waals surface area contributed by atoms with E-state index in [-0.39, 0.29) is 0 Å². The number of nitrogens with zero attached hydrogens (tertiary/aromatic N) is 1. The fraction of sp³-hybridized carbons (Fsp3) is 0. The molecule has 0 aliphatic rings. The predicted octanol–water partition coefficient (Wildman–Crippen LogP) is 13.4. The highest BCUT2D eigenvalue weighted by molar-refractivity contribution is 7.26. The molecule has 2 aromatic heterocycles. The minimum Gasteiger partial charge on any atom is -0.456 e. The lowest BCUT2D eigenvalue weighted by Gasteiger charge is -2.27. The number of hydrogen-bond donors (Lipinski definition) is 0. The topological polar surface area (TPSA) is 16.4 Å². The highest BCUT2D eigenvalue weighted by Crippen LogP contribution is 2.46. The number of hydrogen-bond acceptors (Lipinski definition) is 3. The van der Waals surface area contributed by atoms with Gasteiger partial charge in [-0.25, -0.2) is 0 Å². The van der Waals surface area contributed by atoms with E-state index in [0.717, 1.165) is 33.3 Å². The summed E-state index contributed by atoms with van der Waals surface area (Å²) < 4.78 is 8.80. The Labute approximate surface area is 275 Å². The maximum Gasteiger partial charge on any atom is 0.136 e. The third-order valence-corrected chi connectivity index (χ3v) is 10.6. The molecule has 0 amide bonds. The Kier molecular flexibility index (Phi) is 5.78. The van der Waals surface area contributed by atoms with E-state index in [2.05, 4.69) is 157 Å². The van der Waals surface area contributed by atoms with Crippen molar-refractivity contribution in [1.29, 1.82) is 0 Å². The lowest BCUT2D eigenvalue weighted by Crippen LogP contribution is -2.10. The first-order valence-electron chi connectivity index (χ1n) is 15.9. The molecule has 2 nitrogen and oxygen atoms in total. The van der Waals surface area contributed by atoms with Gasteiger partial charge in [-0.15, -0.1) is 11.3 Å². The van der Waals surface area contributed by atoms with Crippen molar-refractivity contribution >= 4 is 92.1 Å². The molecule has 0 N–H and O–H groups in total. The molecule has 0 aliphatic carbocycles. The minimum absolute atomic E-state index is 0.925. The van der Waals surface area contributed by atoms with Gasteiger partial charge in [-0.05, 0) is 87.3 Å². The number of benzene rings is 8. The SMILES string of the molecule is c1ccc(-c2ccc(N(c3ccc4c(ccc5cc6oc7ccccc7c6cc54)c3)c3cccc4c3sc3ccccc34)cc2)cc1. The Hall–Kier alpha value is -5.90. The van der Waals surface area contributed by atoms with E-state index < -0.39 is 0 Å². The first-order valence-corrected chi connectivity index (χ1v) is 16.7. The standard InChI is InChI=1S/C44H27NOS/c1-2-9-28(10-3-1)29-19-21-32(22-20-29)45(40-14-8-13-37-36-12-5-7-16-43(36)47-44(37)40)33-23-24-34-30(25-33)17-18-31-26-42-39(27-38(31)34)35-11-4-6-15-41(35)46-42/h1-27H. The van der Waals surface area contributed by atoms with Gasteiger partial charge in [-0.2, -0.15) is 0 Å². The number of furan rings is 1. The van der Waals surface area contributed by atoms with Crippen molar-refractivity contribution in [3.63, 3.8) is 0 Å². The van der Waals surface area contributed by atoms with Crippen molar-refractivity contribution in [2.45, 2.75) is 0 Å². The first kappa shape index (κ1) is 26.3. The second-order valence-electron chi connectivity index (χ2n) is 12.1. The molecule has 8 aromatic carbocycles. The van der Waals surface area contributed by atoms with Crippen LogP contribution in [0.5, 0.6) is 0 Å². The third kappa shape index (κ3) is 4.17. The Balaban J connectivity index is 1.18. The van der Waals surface area contributed by atoms with Crippen LogP contribution in [-0.4, -0.2) is 0 Å². The van der Waals surface area contributed by atoms with Gasteiger partial charge in [0, 0.05) is 37.6 Å². The third-order valence-electron chi connectivity index (χ3n) is 9.43. The van der Waals surface area contributed by atoms with Crippen molar-refractivity contribution in [2.24, 2.45) is 0 Å². The van der Waals surface area contributed by atoms with Crippen LogP contribution in [0.1, 0.15) is 0 Å². The largest absolute Gasteiger partial charge is 0.456 e.